The Bertz CT molecular complexity index is 776. The zero-order valence-electron chi connectivity index (χ0n) is 25.9. The van der Waals surface area contributed by atoms with Crippen molar-refractivity contribution in [1.29, 1.82) is 0 Å². The Labute approximate surface area is 303 Å². The smallest absolute Gasteiger partial charge is 0.870 e. The topological polar surface area (TPSA) is 260 Å². The maximum Gasteiger partial charge on any atom is 1.00 e. The molecule has 0 saturated heterocycles. The van der Waals surface area contributed by atoms with Crippen LogP contribution in [-0.4, -0.2) is 115 Å². The van der Waals surface area contributed by atoms with Crippen LogP contribution in [0.25, 0.3) is 0 Å². The Morgan fingerprint density at radius 2 is 1.12 bits per heavy atom. The molecule has 0 spiro atoms. The third-order valence-corrected chi connectivity index (χ3v) is 10.6. The summed E-state index contributed by atoms with van der Waals surface area (Å²) in [5.41, 5.74) is 11.8. The fraction of sp³-hybridized carbons (Fsp3) is 0.750. The van der Waals surface area contributed by atoms with E-state index < -0.39 is 24.0 Å². The van der Waals surface area contributed by atoms with Gasteiger partial charge in [-0.1, -0.05) is 49.0 Å². The number of hydrogen-bond acceptors (Lipinski definition) is 10. The fourth-order valence-electron chi connectivity index (χ4n) is 2.68. The van der Waals surface area contributed by atoms with Gasteiger partial charge in [0.1, 0.15) is 12.1 Å². The molecule has 10 N–H and O–H groups in total. The molecule has 258 valence electrons. The van der Waals surface area contributed by atoms with E-state index in [1.165, 1.54) is 44.1 Å². The summed E-state index contributed by atoms with van der Waals surface area (Å²) < 4.78 is 4.43. The van der Waals surface area contributed by atoms with Crippen LogP contribution in [0.2, 0.25) is 0 Å². The number of nitrogens with two attached hydrogens (primary N) is 2. The number of carboxylic acids is 1. The van der Waals surface area contributed by atoms with Gasteiger partial charge in [-0.2, -0.15) is 0 Å². The van der Waals surface area contributed by atoms with Crippen molar-refractivity contribution in [3.8, 4) is 0 Å². The molecule has 0 aliphatic heterocycles. The van der Waals surface area contributed by atoms with E-state index in [4.69, 9.17) is 16.6 Å². The second-order valence-corrected chi connectivity index (χ2v) is 14.0. The van der Waals surface area contributed by atoms with E-state index in [1.807, 2.05) is 0 Å². The molecule has 0 fully saturated rings. The van der Waals surface area contributed by atoms with Crippen LogP contribution < -0.4 is 30.3 Å². The molecule has 2 atom stereocenters. The minimum atomic E-state index is -1.05. The summed E-state index contributed by atoms with van der Waals surface area (Å²) in [4.78, 5) is 21.1. The molecule has 0 radical (unpaired) electrons. The van der Waals surface area contributed by atoms with Gasteiger partial charge in [0, 0.05) is 0 Å². The average Bonchev–Trinajstić information content (AvgIpc) is 3.61. The number of aromatic amines is 2. The summed E-state index contributed by atoms with van der Waals surface area (Å²) >= 11 is 0. The van der Waals surface area contributed by atoms with Crippen LogP contribution >= 0.6 is 15.8 Å². The van der Waals surface area contributed by atoms with E-state index in [0.29, 0.717) is 33.7 Å². The number of carbonyl (C=O) groups is 2. The first-order valence-electron chi connectivity index (χ1n) is 12.4. The molecule has 0 saturated carbocycles. The summed E-state index contributed by atoms with van der Waals surface area (Å²) in [6, 6.07) is -1.61. The number of H-pyrrole nitrogens is 2. The van der Waals surface area contributed by atoms with Crippen molar-refractivity contribution in [2.24, 2.45) is 11.5 Å². The van der Waals surface area contributed by atoms with Crippen molar-refractivity contribution < 1.29 is 94.0 Å². The van der Waals surface area contributed by atoms with Gasteiger partial charge in [-0.25, -0.2) is 0 Å². The number of rotatable bonds is 12. The van der Waals surface area contributed by atoms with Crippen molar-refractivity contribution in [1.82, 2.24) is 30.8 Å². The molecule has 19 heteroatoms. The van der Waals surface area contributed by atoms with Gasteiger partial charge in [-0.3, -0.25) is 9.59 Å². The van der Waals surface area contributed by atoms with Crippen LogP contribution in [0.3, 0.4) is 0 Å². The Morgan fingerprint density at radius 1 is 0.814 bits per heavy atom. The number of carboxylic acid groups (broad SMARTS) is 1. The quantitative estimate of drug-likeness (QED) is 0.0738. The van der Waals surface area contributed by atoms with E-state index in [0.717, 1.165) is 0 Å². The Morgan fingerprint density at radius 3 is 1.30 bits per heavy atom. The van der Waals surface area contributed by atoms with Gasteiger partial charge in [0.25, 0.3) is 0 Å². The third kappa shape index (κ3) is 34.7. The van der Waals surface area contributed by atoms with E-state index in [1.54, 1.807) is 0 Å². The van der Waals surface area contributed by atoms with Gasteiger partial charge in [0.2, 0.25) is 0 Å². The van der Waals surface area contributed by atoms with E-state index in [2.05, 4.69) is 89.5 Å². The number of methoxy groups -OCH3 is 1. The minimum Gasteiger partial charge on any atom is -0.870 e. The number of aromatic nitrogens is 6. The number of hydrogen-bond donors (Lipinski definition) is 5. The largest absolute Gasteiger partial charge is 1.00 e. The predicted molar refractivity (Wildman–Crippen MR) is 163 cm³/mol. The molecule has 2 rings (SSSR count). The first kappa shape index (κ1) is 61.9. The monoisotopic (exact) mass is 1010 g/mol. The second-order valence-electron chi connectivity index (χ2n) is 7.53. The Hall–Kier alpha value is -0.00208. The zero-order valence-corrected chi connectivity index (χ0v) is 32.0. The molecular weight excluding hydrogens is 959 g/mol. The van der Waals surface area contributed by atoms with Crippen molar-refractivity contribution in [3.05, 3.63) is 23.8 Å². The molecular formula is C24H53Au2LiN8O6P2. The predicted octanol–water partition coefficient (Wildman–Crippen LogP) is -1.10. The Kier molecular flexibility index (Phi) is 60.5. The molecule has 0 aliphatic carbocycles. The first-order valence-corrected chi connectivity index (χ1v) is 16.2. The van der Waals surface area contributed by atoms with Gasteiger partial charge in [-0.15, -0.1) is 37.7 Å². The van der Waals surface area contributed by atoms with Crippen LogP contribution in [0.1, 0.15) is 60.4 Å². The van der Waals surface area contributed by atoms with Crippen LogP contribution in [0.4, 0.5) is 0 Å². The molecule has 14 nitrogen and oxygen atoms in total. The van der Waals surface area contributed by atoms with E-state index >= 15 is 0 Å². The van der Waals surface area contributed by atoms with Crippen molar-refractivity contribution >= 4 is 27.8 Å². The van der Waals surface area contributed by atoms with Crippen molar-refractivity contribution in [3.63, 3.8) is 0 Å². The van der Waals surface area contributed by atoms with Crippen LogP contribution in [-0.2, 0) is 71.9 Å². The SMILES string of the molecule is C.CCP(CC)CC.CCP(CC)CC.COC(=O)[C@H](N)Cc1[c-]nn[nH]1.N[C@H](Cc1[c-]nn[nH]1)C(=O)O.O.[Au+].[Au+].[Li+].[OH-]. The maximum absolute atomic E-state index is 10.8. The molecule has 2 heterocycles. The molecule has 2 aromatic rings. The van der Waals surface area contributed by atoms with Crippen LogP contribution in [0.5, 0.6) is 0 Å². The van der Waals surface area contributed by atoms with Crippen molar-refractivity contribution in [2.45, 2.75) is 73.9 Å². The zero-order chi connectivity index (χ0) is 28.6. The summed E-state index contributed by atoms with van der Waals surface area (Å²) in [5, 5.41) is 26.9. The Balaban J connectivity index is -0.0000000621. The number of esters is 1. The average molecular weight is 1010 g/mol. The molecule has 0 aliphatic rings. The summed E-state index contributed by atoms with van der Waals surface area (Å²) in [7, 11) is 2.18. The number of nitrogens with zero attached hydrogens (tertiary/aromatic N) is 4. The second kappa shape index (κ2) is 42.0. The first-order chi connectivity index (χ1) is 17.6. The molecule has 0 aromatic carbocycles. The van der Waals surface area contributed by atoms with Gasteiger partial charge in [0.15, 0.2) is 0 Å². The molecule has 0 unspecified atom stereocenters. The maximum atomic E-state index is 10.8. The van der Waals surface area contributed by atoms with Gasteiger partial charge >= 0.3 is 75.6 Å². The number of nitrogens with one attached hydrogen (secondary N) is 2. The minimum absolute atomic E-state index is 0. The van der Waals surface area contributed by atoms with Crippen molar-refractivity contribution in [2.75, 3.05) is 44.1 Å². The molecule has 2 aromatic heterocycles. The van der Waals surface area contributed by atoms with Crippen LogP contribution in [0, 0.1) is 12.4 Å². The standard InChI is InChI=1S/C6H9N4O2.2C6H15P.C5H7N4O2.CH4.2Au.Li.2H2O/c1-12-6(11)5(7)2-4-3-8-10-9-4;2*1-4-7(5-2)6-3;6-4(5(10)11)1-3-2-7-9-8-3;;;;;;/h5H,2,7H2,1H3,(H,8,9,10);2*4-6H2,1-3H3;4H,1,6H2,(H,10,11)(H,7,8,9);1H4;;;;2*1H2/q-1;;;-1;;3*+1;;/p-1/t5-;;;4-;;;;;;/m1..1....../s1. The number of carbonyl (C=O) groups excluding carboxylic acids is 1. The normalized spacial score (nSPS) is 10.1. The van der Waals surface area contributed by atoms with E-state index in [9.17, 15) is 9.59 Å². The van der Waals surface area contributed by atoms with Gasteiger partial charge in [-0.05, 0) is 49.8 Å². The molecule has 0 amide bonds. The summed E-state index contributed by atoms with van der Waals surface area (Å²) in [6.45, 7) is 13.7. The third-order valence-electron chi connectivity index (χ3n) is 5.19. The molecule has 43 heavy (non-hydrogen) atoms. The fourth-order valence-corrected chi connectivity index (χ4v) is 5.36. The van der Waals surface area contributed by atoms with Gasteiger partial charge in [0.05, 0.1) is 7.11 Å². The summed E-state index contributed by atoms with van der Waals surface area (Å²) in [6.07, 6.45) is 14.0. The summed E-state index contributed by atoms with van der Waals surface area (Å²) in [5.74, 6) is -1.51. The van der Waals surface area contributed by atoms with E-state index in [-0.39, 0.29) is 88.4 Å². The number of ether oxygens (including phenoxy) is 1. The molecule has 0 bridgehead atoms. The number of aliphatic carboxylic acids is 1. The van der Waals surface area contributed by atoms with Gasteiger partial charge < -0.3 is 65.1 Å². The van der Waals surface area contributed by atoms with Crippen LogP contribution in [0.15, 0.2) is 0 Å².